The molecule has 1 saturated heterocycles. The SMILES string of the molecule is CCCC1(C)CCCN(C(=O)C(C)C(N)c2ccccc2)C1. The van der Waals surface area contributed by atoms with Crippen LogP contribution in [0.25, 0.3) is 0 Å². The summed E-state index contributed by atoms with van der Waals surface area (Å²) >= 11 is 0. The first-order valence-electron chi connectivity index (χ1n) is 8.56. The Morgan fingerprint density at radius 2 is 2.05 bits per heavy atom. The molecule has 3 unspecified atom stereocenters. The molecule has 1 aliphatic rings. The predicted molar refractivity (Wildman–Crippen MR) is 91.4 cm³/mol. The largest absolute Gasteiger partial charge is 0.342 e. The molecule has 1 aromatic rings. The van der Waals surface area contributed by atoms with E-state index in [0.717, 1.165) is 25.1 Å². The number of benzene rings is 1. The number of carbonyl (C=O) groups is 1. The van der Waals surface area contributed by atoms with Crippen LogP contribution in [0.15, 0.2) is 30.3 Å². The van der Waals surface area contributed by atoms with Crippen LogP contribution < -0.4 is 5.73 Å². The van der Waals surface area contributed by atoms with Gasteiger partial charge in [0.2, 0.25) is 5.91 Å². The molecule has 122 valence electrons. The number of nitrogens with zero attached hydrogens (tertiary/aromatic N) is 1. The number of hydrogen-bond donors (Lipinski definition) is 1. The summed E-state index contributed by atoms with van der Waals surface area (Å²) in [6, 6.07) is 9.71. The second kappa shape index (κ2) is 7.28. The molecule has 1 heterocycles. The van der Waals surface area contributed by atoms with Crippen LogP contribution in [0.1, 0.15) is 58.1 Å². The average Bonchev–Trinajstić information content (AvgIpc) is 2.53. The Bertz CT molecular complexity index is 483. The highest BCUT2D eigenvalue weighted by atomic mass is 16.2. The first kappa shape index (κ1) is 17.0. The smallest absolute Gasteiger partial charge is 0.227 e. The first-order valence-corrected chi connectivity index (χ1v) is 8.56. The number of carbonyl (C=O) groups excluding carboxylic acids is 1. The van der Waals surface area contributed by atoms with Gasteiger partial charge in [0.25, 0.3) is 0 Å². The lowest BCUT2D eigenvalue weighted by molar-refractivity contribution is -0.139. The minimum atomic E-state index is -0.229. The Hall–Kier alpha value is -1.35. The van der Waals surface area contributed by atoms with Gasteiger partial charge in [-0.2, -0.15) is 0 Å². The van der Waals surface area contributed by atoms with Crippen LogP contribution in [0.5, 0.6) is 0 Å². The van der Waals surface area contributed by atoms with Crippen molar-refractivity contribution < 1.29 is 4.79 Å². The zero-order chi connectivity index (χ0) is 16.2. The van der Waals surface area contributed by atoms with Crippen molar-refractivity contribution in [1.29, 1.82) is 0 Å². The standard InChI is InChI=1S/C19H30N2O/c1-4-11-19(3)12-8-13-21(14-19)18(22)15(2)17(20)16-9-6-5-7-10-16/h5-7,9-10,15,17H,4,8,11-14,20H2,1-3H3. The molecule has 1 aromatic carbocycles. The van der Waals surface area contributed by atoms with Gasteiger partial charge in [-0.15, -0.1) is 0 Å². The van der Waals surface area contributed by atoms with Gasteiger partial charge in [0.05, 0.1) is 5.92 Å². The number of likely N-dealkylation sites (tertiary alicyclic amines) is 1. The zero-order valence-electron chi connectivity index (χ0n) is 14.2. The van der Waals surface area contributed by atoms with Crippen molar-refractivity contribution in [1.82, 2.24) is 4.90 Å². The molecule has 0 saturated carbocycles. The van der Waals surface area contributed by atoms with Crippen molar-refractivity contribution >= 4 is 5.91 Å². The third-order valence-electron chi connectivity index (χ3n) is 5.06. The van der Waals surface area contributed by atoms with E-state index < -0.39 is 0 Å². The minimum Gasteiger partial charge on any atom is -0.342 e. The lowest BCUT2D eigenvalue weighted by Gasteiger charge is -2.42. The summed E-state index contributed by atoms with van der Waals surface area (Å²) in [5.74, 6) is 0.0322. The Morgan fingerprint density at radius 3 is 2.68 bits per heavy atom. The van der Waals surface area contributed by atoms with E-state index in [1.807, 2.05) is 42.2 Å². The van der Waals surface area contributed by atoms with Gasteiger partial charge in [0.15, 0.2) is 0 Å². The van der Waals surface area contributed by atoms with E-state index in [2.05, 4.69) is 13.8 Å². The van der Waals surface area contributed by atoms with Crippen molar-refractivity contribution in [3.63, 3.8) is 0 Å². The fourth-order valence-electron chi connectivity index (χ4n) is 3.72. The van der Waals surface area contributed by atoms with Crippen molar-refractivity contribution in [2.45, 2.75) is 52.5 Å². The van der Waals surface area contributed by atoms with E-state index in [0.29, 0.717) is 0 Å². The predicted octanol–water partition coefficient (Wildman–Crippen LogP) is 3.75. The summed E-state index contributed by atoms with van der Waals surface area (Å²) in [4.78, 5) is 14.9. The van der Waals surface area contributed by atoms with Gasteiger partial charge >= 0.3 is 0 Å². The maximum atomic E-state index is 12.9. The molecule has 3 atom stereocenters. The highest BCUT2D eigenvalue weighted by Gasteiger charge is 2.35. The molecule has 3 nitrogen and oxygen atoms in total. The summed E-state index contributed by atoms with van der Waals surface area (Å²) in [6.45, 7) is 8.26. The van der Waals surface area contributed by atoms with E-state index in [1.54, 1.807) is 0 Å². The first-order chi connectivity index (χ1) is 10.5. The minimum absolute atomic E-state index is 0.175. The zero-order valence-corrected chi connectivity index (χ0v) is 14.2. The lowest BCUT2D eigenvalue weighted by Crippen LogP contribution is -2.48. The fraction of sp³-hybridized carbons (Fsp3) is 0.632. The van der Waals surface area contributed by atoms with Crippen LogP contribution in [-0.2, 0) is 4.79 Å². The number of rotatable bonds is 5. The Labute approximate surface area is 134 Å². The fourth-order valence-corrected chi connectivity index (χ4v) is 3.72. The molecular formula is C19H30N2O. The summed E-state index contributed by atoms with van der Waals surface area (Å²) in [6.07, 6.45) is 4.70. The summed E-state index contributed by atoms with van der Waals surface area (Å²) < 4.78 is 0. The molecular weight excluding hydrogens is 272 g/mol. The van der Waals surface area contributed by atoms with Crippen LogP contribution in [0.3, 0.4) is 0 Å². The van der Waals surface area contributed by atoms with Crippen LogP contribution in [-0.4, -0.2) is 23.9 Å². The molecule has 1 fully saturated rings. The summed E-state index contributed by atoms with van der Waals surface area (Å²) in [7, 11) is 0. The summed E-state index contributed by atoms with van der Waals surface area (Å²) in [5, 5.41) is 0. The Kier molecular flexibility index (Phi) is 5.63. The molecule has 0 aromatic heterocycles. The molecule has 3 heteroatoms. The normalized spacial score (nSPS) is 24.8. The third-order valence-corrected chi connectivity index (χ3v) is 5.06. The van der Waals surface area contributed by atoms with E-state index in [1.165, 1.54) is 19.3 Å². The molecule has 0 spiro atoms. The van der Waals surface area contributed by atoms with Crippen molar-refractivity contribution in [2.75, 3.05) is 13.1 Å². The highest BCUT2D eigenvalue weighted by Crippen LogP contribution is 2.35. The van der Waals surface area contributed by atoms with Gasteiger partial charge < -0.3 is 10.6 Å². The van der Waals surface area contributed by atoms with Crippen molar-refractivity contribution in [2.24, 2.45) is 17.1 Å². The molecule has 0 bridgehead atoms. The summed E-state index contributed by atoms with van der Waals surface area (Å²) in [5.41, 5.74) is 7.64. The molecule has 0 aliphatic carbocycles. The van der Waals surface area contributed by atoms with Crippen LogP contribution >= 0.6 is 0 Å². The average molecular weight is 302 g/mol. The van der Waals surface area contributed by atoms with Gasteiger partial charge in [-0.1, -0.05) is 57.5 Å². The number of hydrogen-bond acceptors (Lipinski definition) is 2. The molecule has 0 radical (unpaired) electrons. The lowest BCUT2D eigenvalue weighted by atomic mass is 9.78. The van der Waals surface area contributed by atoms with E-state index in [9.17, 15) is 4.79 Å². The molecule has 22 heavy (non-hydrogen) atoms. The van der Waals surface area contributed by atoms with E-state index in [4.69, 9.17) is 5.73 Å². The second-order valence-electron chi connectivity index (χ2n) is 7.15. The molecule has 1 aliphatic heterocycles. The van der Waals surface area contributed by atoms with Crippen molar-refractivity contribution in [3.05, 3.63) is 35.9 Å². The van der Waals surface area contributed by atoms with Crippen molar-refractivity contribution in [3.8, 4) is 0 Å². The molecule has 2 N–H and O–H groups in total. The molecule has 2 rings (SSSR count). The van der Waals surface area contributed by atoms with Crippen LogP contribution in [0.2, 0.25) is 0 Å². The van der Waals surface area contributed by atoms with Gasteiger partial charge in [-0.05, 0) is 30.2 Å². The Morgan fingerprint density at radius 1 is 1.36 bits per heavy atom. The van der Waals surface area contributed by atoms with Crippen LogP contribution in [0.4, 0.5) is 0 Å². The number of piperidine rings is 1. The van der Waals surface area contributed by atoms with Gasteiger partial charge in [0.1, 0.15) is 0 Å². The van der Waals surface area contributed by atoms with E-state index in [-0.39, 0.29) is 23.3 Å². The molecule has 1 amide bonds. The van der Waals surface area contributed by atoms with E-state index >= 15 is 0 Å². The Balaban J connectivity index is 2.04. The maximum Gasteiger partial charge on any atom is 0.227 e. The topological polar surface area (TPSA) is 46.3 Å². The van der Waals surface area contributed by atoms with Crippen LogP contribution in [0, 0.1) is 11.3 Å². The van der Waals surface area contributed by atoms with Gasteiger partial charge in [0, 0.05) is 19.1 Å². The van der Waals surface area contributed by atoms with Gasteiger partial charge in [-0.25, -0.2) is 0 Å². The number of nitrogens with two attached hydrogens (primary N) is 1. The second-order valence-corrected chi connectivity index (χ2v) is 7.15. The quantitative estimate of drug-likeness (QED) is 0.900. The highest BCUT2D eigenvalue weighted by molar-refractivity contribution is 5.79. The van der Waals surface area contributed by atoms with Gasteiger partial charge in [-0.3, -0.25) is 4.79 Å². The monoisotopic (exact) mass is 302 g/mol. The third kappa shape index (κ3) is 3.89. The maximum absolute atomic E-state index is 12.9. The number of amides is 1.